The number of phenolic OH excluding ortho intramolecular Hbond substituents is 1. The molecule has 0 saturated carbocycles. The molecule has 0 aromatic heterocycles. The van der Waals surface area contributed by atoms with Crippen molar-refractivity contribution in [2.45, 2.75) is 4.90 Å². The average Bonchev–Trinajstić information content (AvgIpc) is 2.17. The minimum Gasteiger partial charge on any atom is -0.507 e. The lowest BCUT2D eigenvalue weighted by molar-refractivity contribution is 0.463. The second-order valence-electron chi connectivity index (χ2n) is 2.87. The topological polar surface area (TPSA) is 20.2 Å². The first kappa shape index (κ1) is 8.45. The minimum atomic E-state index is 0.367. The second-order valence-corrected chi connectivity index (χ2v) is 3.72. The van der Waals surface area contributed by atoms with Crippen LogP contribution in [0.1, 0.15) is 0 Å². The lowest BCUT2D eigenvalue weighted by Gasteiger charge is -2.03. The zero-order valence-electron chi connectivity index (χ0n) is 7.32. The first-order valence-electron chi connectivity index (χ1n) is 4.07. The highest BCUT2D eigenvalue weighted by Gasteiger charge is 2.01. The van der Waals surface area contributed by atoms with E-state index in [9.17, 15) is 5.11 Å². The number of fused-ring (bicyclic) bond motifs is 1. The van der Waals surface area contributed by atoms with Crippen LogP contribution in [-0.2, 0) is 0 Å². The molecule has 13 heavy (non-hydrogen) atoms. The molecule has 0 aliphatic heterocycles. The SMILES string of the molecule is CSc1cc2ccccc2cc1O. The van der Waals surface area contributed by atoms with Gasteiger partial charge in [-0.2, -0.15) is 0 Å². The summed E-state index contributed by atoms with van der Waals surface area (Å²) in [5.41, 5.74) is 0. The Labute approximate surface area is 81.4 Å². The Kier molecular flexibility index (Phi) is 2.15. The molecule has 0 atom stereocenters. The predicted octanol–water partition coefficient (Wildman–Crippen LogP) is 3.27. The number of phenols is 1. The summed E-state index contributed by atoms with van der Waals surface area (Å²) in [6.45, 7) is 0. The lowest BCUT2D eigenvalue weighted by atomic mass is 10.1. The quantitative estimate of drug-likeness (QED) is 0.696. The molecule has 66 valence electrons. The van der Waals surface area contributed by atoms with Crippen LogP contribution in [0, 0.1) is 0 Å². The van der Waals surface area contributed by atoms with Crippen LogP contribution in [-0.4, -0.2) is 11.4 Å². The summed E-state index contributed by atoms with van der Waals surface area (Å²) >= 11 is 1.56. The van der Waals surface area contributed by atoms with Gasteiger partial charge < -0.3 is 5.11 Å². The number of aromatic hydroxyl groups is 1. The molecular formula is C11H10OS. The smallest absolute Gasteiger partial charge is 0.129 e. The Bertz CT molecular complexity index is 437. The summed E-state index contributed by atoms with van der Waals surface area (Å²) in [5, 5.41) is 11.8. The molecule has 2 heteroatoms. The fraction of sp³-hybridized carbons (Fsp3) is 0.0909. The largest absolute Gasteiger partial charge is 0.507 e. The van der Waals surface area contributed by atoms with Gasteiger partial charge in [0.05, 0.1) is 0 Å². The van der Waals surface area contributed by atoms with Crippen molar-refractivity contribution in [2.75, 3.05) is 6.26 Å². The van der Waals surface area contributed by atoms with E-state index in [1.54, 1.807) is 17.8 Å². The highest BCUT2D eigenvalue weighted by atomic mass is 32.2. The first-order valence-corrected chi connectivity index (χ1v) is 5.29. The predicted molar refractivity (Wildman–Crippen MR) is 57.4 cm³/mol. The van der Waals surface area contributed by atoms with Crippen molar-refractivity contribution in [3.8, 4) is 5.75 Å². The van der Waals surface area contributed by atoms with Crippen LogP contribution in [0.5, 0.6) is 5.75 Å². The summed E-state index contributed by atoms with van der Waals surface area (Å²) < 4.78 is 0. The monoisotopic (exact) mass is 190 g/mol. The zero-order valence-corrected chi connectivity index (χ0v) is 8.14. The van der Waals surface area contributed by atoms with Gasteiger partial charge in [0.1, 0.15) is 5.75 Å². The van der Waals surface area contributed by atoms with E-state index in [1.165, 1.54) is 5.39 Å². The van der Waals surface area contributed by atoms with Crippen LogP contribution in [0.15, 0.2) is 41.3 Å². The molecule has 0 aliphatic carbocycles. The molecule has 2 rings (SSSR count). The van der Waals surface area contributed by atoms with Gasteiger partial charge in [-0.05, 0) is 29.2 Å². The van der Waals surface area contributed by atoms with E-state index < -0.39 is 0 Å². The molecule has 0 saturated heterocycles. The highest BCUT2D eigenvalue weighted by molar-refractivity contribution is 7.98. The maximum absolute atomic E-state index is 9.59. The van der Waals surface area contributed by atoms with Gasteiger partial charge in [0.25, 0.3) is 0 Å². The molecule has 1 N–H and O–H groups in total. The Morgan fingerprint density at radius 1 is 1.08 bits per heavy atom. The van der Waals surface area contributed by atoms with E-state index in [1.807, 2.05) is 30.5 Å². The summed E-state index contributed by atoms with van der Waals surface area (Å²) in [6.07, 6.45) is 1.96. The molecule has 0 fully saturated rings. The molecule has 2 aromatic carbocycles. The molecule has 0 bridgehead atoms. The standard InChI is InChI=1S/C11H10OS/c1-13-11-7-9-5-3-2-4-8(9)6-10(11)12/h2-7,12H,1H3. The van der Waals surface area contributed by atoms with E-state index in [0.717, 1.165) is 10.3 Å². The van der Waals surface area contributed by atoms with Gasteiger partial charge in [0.15, 0.2) is 0 Å². The van der Waals surface area contributed by atoms with Gasteiger partial charge >= 0.3 is 0 Å². The number of benzene rings is 2. The Morgan fingerprint density at radius 2 is 1.69 bits per heavy atom. The molecule has 2 aromatic rings. The van der Waals surface area contributed by atoms with Gasteiger partial charge in [-0.1, -0.05) is 24.3 Å². The van der Waals surface area contributed by atoms with Crippen molar-refractivity contribution in [3.05, 3.63) is 36.4 Å². The molecule has 0 unspecified atom stereocenters. The van der Waals surface area contributed by atoms with Crippen molar-refractivity contribution in [3.63, 3.8) is 0 Å². The zero-order chi connectivity index (χ0) is 9.26. The summed E-state index contributed by atoms with van der Waals surface area (Å²) in [7, 11) is 0. The molecule has 0 heterocycles. The van der Waals surface area contributed by atoms with E-state index in [0.29, 0.717) is 5.75 Å². The third kappa shape index (κ3) is 1.49. The highest BCUT2D eigenvalue weighted by Crippen LogP contribution is 2.30. The van der Waals surface area contributed by atoms with Crippen molar-refractivity contribution < 1.29 is 5.11 Å². The maximum atomic E-state index is 9.59. The van der Waals surface area contributed by atoms with Crippen LogP contribution in [0.2, 0.25) is 0 Å². The summed E-state index contributed by atoms with van der Waals surface area (Å²) in [4.78, 5) is 0.929. The van der Waals surface area contributed by atoms with E-state index in [-0.39, 0.29) is 0 Å². The summed E-state index contributed by atoms with van der Waals surface area (Å²) in [6, 6.07) is 11.8. The van der Waals surface area contributed by atoms with Crippen molar-refractivity contribution >= 4 is 22.5 Å². The van der Waals surface area contributed by atoms with Crippen LogP contribution >= 0.6 is 11.8 Å². The molecule has 0 spiro atoms. The Hall–Kier alpha value is -1.15. The Balaban J connectivity index is 2.74. The number of hydrogen-bond acceptors (Lipinski definition) is 2. The Morgan fingerprint density at radius 3 is 2.31 bits per heavy atom. The molecular weight excluding hydrogens is 180 g/mol. The second kappa shape index (κ2) is 3.30. The molecule has 0 radical (unpaired) electrons. The van der Waals surface area contributed by atoms with E-state index >= 15 is 0 Å². The van der Waals surface area contributed by atoms with Gasteiger partial charge in [-0.3, -0.25) is 0 Å². The van der Waals surface area contributed by atoms with Crippen LogP contribution < -0.4 is 0 Å². The summed E-state index contributed by atoms with van der Waals surface area (Å²) in [5.74, 6) is 0.367. The van der Waals surface area contributed by atoms with Gasteiger partial charge in [-0.15, -0.1) is 11.8 Å². The lowest BCUT2D eigenvalue weighted by Crippen LogP contribution is -1.75. The number of thioether (sulfide) groups is 1. The van der Waals surface area contributed by atoms with Crippen LogP contribution in [0.25, 0.3) is 10.8 Å². The first-order chi connectivity index (χ1) is 6.31. The fourth-order valence-corrected chi connectivity index (χ4v) is 1.88. The minimum absolute atomic E-state index is 0.367. The van der Waals surface area contributed by atoms with Gasteiger partial charge in [0.2, 0.25) is 0 Å². The number of rotatable bonds is 1. The normalized spacial score (nSPS) is 10.5. The van der Waals surface area contributed by atoms with E-state index in [2.05, 4.69) is 6.07 Å². The third-order valence-electron chi connectivity index (χ3n) is 2.05. The third-order valence-corrected chi connectivity index (χ3v) is 2.81. The number of hydrogen-bond donors (Lipinski definition) is 1. The van der Waals surface area contributed by atoms with Crippen molar-refractivity contribution in [1.29, 1.82) is 0 Å². The van der Waals surface area contributed by atoms with Gasteiger partial charge in [-0.25, -0.2) is 0 Å². The van der Waals surface area contributed by atoms with Crippen molar-refractivity contribution in [2.24, 2.45) is 0 Å². The maximum Gasteiger partial charge on any atom is 0.129 e. The van der Waals surface area contributed by atoms with Crippen molar-refractivity contribution in [1.82, 2.24) is 0 Å². The average molecular weight is 190 g/mol. The fourth-order valence-electron chi connectivity index (χ4n) is 1.37. The van der Waals surface area contributed by atoms with Gasteiger partial charge in [0, 0.05) is 4.90 Å². The van der Waals surface area contributed by atoms with E-state index in [4.69, 9.17) is 0 Å². The molecule has 1 nitrogen and oxygen atoms in total. The molecule has 0 amide bonds. The molecule has 0 aliphatic rings. The van der Waals surface area contributed by atoms with Crippen LogP contribution in [0.3, 0.4) is 0 Å². The van der Waals surface area contributed by atoms with Crippen LogP contribution in [0.4, 0.5) is 0 Å².